The number of amides is 1. The predicted molar refractivity (Wildman–Crippen MR) is 65.7 cm³/mol. The van der Waals surface area contributed by atoms with E-state index < -0.39 is 5.60 Å². The molecule has 1 fully saturated rings. The van der Waals surface area contributed by atoms with Gasteiger partial charge >= 0.3 is 6.09 Å². The molecule has 4 heteroatoms. The van der Waals surface area contributed by atoms with Crippen LogP contribution in [-0.2, 0) is 4.74 Å². The SMILES string of the molecule is CC(C)(C)OC(=O)NC[C@@H]1CCC[C@H](CF)C1. The van der Waals surface area contributed by atoms with Gasteiger partial charge in [-0.2, -0.15) is 0 Å². The molecule has 0 aromatic rings. The fourth-order valence-corrected chi connectivity index (χ4v) is 2.27. The number of halogens is 1. The van der Waals surface area contributed by atoms with E-state index >= 15 is 0 Å². The van der Waals surface area contributed by atoms with E-state index in [0.29, 0.717) is 12.5 Å². The lowest BCUT2D eigenvalue weighted by Gasteiger charge is -2.28. The van der Waals surface area contributed by atoms with Gasteiger partial charge in [0, 0.05) is 6.54 Å². The third kappa shape index (κ3) is 5.89. The van der Waals surface area contributed by atoms with Crippen LogP contribution in [0.1, 0.15) is 46.5 Å². The highest BCUT2D eigenvalue weighted by Gasteiger charge is 2.23. The number of ether oxygens (including phenoxy) is 1. The third-order valence-electron chi connectivity index (χ3n) is 3.04. The second-order valence-electron chi connectivity index (χ2n) is 5.94. The molecule has 0 saturated heterocycles. The summed E-state index contributed by atoms with van der Waals surface area (Å²) in [5, 5.41) is 2.77. The number of nitrogens with one attached hydrogen (secondary N) is 1. The molecule has 1 rings (SSSR count). The number of carbonyl (C=O) groups is 1. The lowest BCUT2D eigenvalue weighted by molar-refractivity contribution is 0.0511. The minimum Gasteiger partial charge on any atom is -0.444 e. The average Bonchev–Trinajstić information content (AvgIpc) is 2.24. The highest BCUT2D eigenvalue weighted by molar-refractivity contribution is 5.67. The lowest BCUT2D eigenvalue weighted by Crippen LogP contribution is -2.36. The van der Waals surface area contributed by atoms with Crippen LogP contribution in [0.5, 0.6) is 0 Å². The minimum atomic E-state index is -0.460. The van der Waals surface area contributed by atoms with Crippen LogP contribution in [0, 0.1) is 11.8 Å². The van der Waals surface area contributed by atoms with Crippen molar-refractivity contribution < 1.29 is 13.9 Å². The Morgan fingerprint density at radius 2 is 2.00 bits per heavy atom. The highest BCUT2D eigenvalue weighted by Crippen LogP contribution is 2.28. The number of hydrogen-bond acceptors (Lipinski definition) is 2. The van der Waals surface area contributed by atoms with E-state index in [9.17, 15) is 9.18 Å². The minimum absolute atomic E-state index is 0.189. The Morgan fingerprint density at radius 3 is 2.59 bits per heavy atom. The standard InChI is InChI=1S/C13H24FNO2/c1-13(2,3)17-12(16)15-9-11-6-4-5-10(7-11)8-14/h10-11H,4-9H2,1-3H3,(H,15,16)/t10-,11+/m0/s1. The smallest absolute Gasteiger partial charge is 0.407 e. The molecular formula is C13H24FNO2. The molecule has 100 valence electrons. The van der Waals surface area contributed by atoms with E-state index in [1.165, 1.54) is 0 Å². The van der Waals surface area contributed by atoms with Crippen LogP contribution >= 0.6 is 0 Å². The summed E-state index contributed by atoms with van der Waals surface area (Å²) in [6.07, 6.45) is 3.63. The first-order chi connectivity index (χ1) is 7.90. The van der Waals surface area contributed by atoms with Gasteiger partial charge in [0.15, 0.2) is 0 Å². The summed E-state index contributed by atoms with van der Waals surface area (Å²) in [6.45, 7) is 5.89. The molecule has 3 nitrogen and oxygen atoms in total. The zero-order valence-corrected chi connectivity index (χ0v) is 11.1. The van der Waals surface area contributed by atoms with E-state index in [1.807, 2.05) is 20.8 Å². The van der Waals surface area contributed by atoms with Gasteiger partial charge in [0.1, 0.15) is 5.60 Å². The number of carbonyl (C=O) groups excluding carboxylic acids is 1. The molecule has 0 bridgehead atoms. The van der Waals surface area contributed by atoms with Crippen molar-refractivity contribution in [3.63, 3.8) is 0 Å². The Hall–Kier alpha value is -0.800. The summed E-state index contributed by atoms with van der Waals surface area (Å²) in [6, 6.07) is 0. The van der Waals surface area contributed by atoms with Crippen LogP contribution in [0.2, 0.25) is 0 Å². The van der Waals surface area contributed by atoms with Crippen LogP contribution in [0.3, 0.4) is 0 Å². The fraction of sp³-hybridized carbons (Fsp3) is 0.923. The molecule has 2 atom stereocenters. The van der Waals surface area contributed by atoms with Crippen molar-refractivity contribution in [3.8, 4) is 0 Å². The fourth-order valence-electron chi connectivity index (χ4n) is 2.27. The van der Waals surface area contributed by atoms with Crippen molar-refractivity contribution in [2.45, 2.75) is 52.1 Å². The maximum absolute atomic E-state index is 12.6. The Balaban J connectivity index is 2.23. The lowest BCUT2D eigenvalue weighted by atomic mass is 9.82. The largest absolute Gasteiger partial charge is 0.444 e. The summed E-state index contributed by atoms with van der Waals surface area (Å²) in [4.78, 5) is 11.4. The van der Waals surface area contributed by atoms with E-state index in [4.69, 9.17) is 4.74 Å². The van der Waals surface area contributed by atoms with Gasteiger partial charge in [0.05, 0.1) is 6.67 Å². The maximum Gasteiger partial charge on any atom is 0.407 e. The second-order valence-corrected chi connectivity index (χ2v) is 5.94. The molecule has 17 heavy (non-hydrogen) atoms. The van der Waals surface area contributed by atoms with E-state index in [2.05, 4.69) is 5.32 Å². The first-order valence-electron chi connectivity index (χ1n) is 6.43. The molecule has 0 spiro atoms. The summed E-state index contributed by atoms with van der Waals surface area (Å²) in [5.41, 5.74) is -0.460. The number of rotatable bonds is 3. The molecule has 1 aliphatic carbocycles. The molecule has 0 aromatic heterocycles. The molecule has 1 aliphatic rings. The Kier molecular flexibility index (Phi) is 5.22. The zero-order valence-electron chi connectivity index (χ0n) is 11.1. The molecule has 0 radical (unpaired) electrons. The third-order valence-corrected chi connectivity index (χ3v) is 3.04. The van der Waals surface area contributed by atoms with Crippen molar-refractivity contribution in [3.05, 3.63) is 0 Å². The highest BCUT2D eigenvalue weighted by atomic mass is 19.1. The van der Waals surface area contributed by atoms with Crippen molar-refractivity contribution in [1.29, 1.82) is 0 Å². The van der Waals surface area contributed by atoms with Gasteiger partial charge in [-0.25, -0.2) is 4.79 Å². The summed E-state index contributed by atoms with van der Waals surface area (Å²) >= 11 is 0. The first kappa shape index (κ1) is 14.3. The molecule has 0 aromatic carbocycles. The van der Waals surface area contributed by atoms with Gasteiger partial charge < -0.3 is 10.1 Å². The van der Waals surface area contributed by atoms with Gasteiger partial charge in [-0.05, 0) is 51.9 Å². The van der Waals surface area contributed by atoms with Crippen molar-refractivity contribution in [2.24, 2.45) is 11.8 Å². The Morgan fingerprint density at radius 1 is 1.35 bits per heavy atom. The molecule has 0 unspecified atom stereocenters. The topological polar surface area (TPSA) is 38.3 Å². The summed E-state index contributed by atoms with van der Waals surface area (Å²) < 4.78 is 17.7. The quantitative estimate of drug-likeness (QED) is 0.828. The van der Waals surface area contributed by atoms with Gasteiger partial charge in [-0.15, -0.1) is 0 Å². The number of alkyl halides is 1. The molecule has 1 N–H and O–H groups in total. The van der Waals surface area contributed by atoms with Gasteiger partial charge in [-0.1, -0.05) is 6.42 Å². The zero-order chi connectivity index (χ0) is 12.9. The predicted octanol–water partition coefficient (Wildman–Crippen LogP) is 3.29. The van der Waals surface area contributed by atoms with Crippen LogP contribution in [0.25, 0.3) is 0 Å². The van der Waals surface area contributed by atoms with Crippen LogP contribution in [-0.4, -0.2) is 24.9 Å². The van der Waals surface area contributed by atoms with Crippen LogP contribution in [0.15, 0.2) is 0 Å². The van der Waals surface area contributed by atoms with E-state index in [0.717, 1.165) is 25.7 Å². The normalized spacial score (nSPS) is 25.4. The number of alkyl carbamates (subject to hydrolysis) is 1. The van der Waals surface area contributed by atoms with Crippen LogP contribution in [0.4, 0.5) is 9.18 Å². The van der Waals surface area contributed by atoms with Crippen molar-refractivity contribution in [2.75, 3.05) is 13.2 Å². The van der Waals surface area contributed by atoms with Crippen LogP contribution < -0.4 is 5.32 Å². The summed E-state index contributed by atoms with van der Waals surface area (Å²) in [7, 11) is 0. The van der Waals surface area contributed by atoms with E-state index in [1.54, 1.807) is 0 Å². The monoisotopic (exact) mass is 245 g/mol. The van der Waals surface area contributed by atoms with Crippen molar-refractivity contribution in [1.82, 2.24) is 5.32 Å². The molecule has 0 heterocycles. The Labute approximate surface area is 103 Å². The van der Waals surface area contributed by atoms with E-state index in [-0.39, 0.29) is 18.7 Å². The van der Waals surface area contributed by atoms with Gasteiger partial charge in [0.2, 0.25) is 0 Å². The number of hydrogen-bond donors (Lipinski definition) is 1. The first-order valence-corrected chi connectivity index (χ1v) is 6.43. The Bertz CT molecular complexity index is 250. The maximum atomic E-state index is 12.6. The second kappa shape index (κ2) is 6.22. The molecule has 1 amide bonds. The van der Waals surface area contributed by atoms with Gasteiger partial charge in [0.25, 0.3) is 0 Å². The molecule has 1 saturated carbocycles. The van der Waals surface area contributed by atoms with Crippen molar-refractivity contribution >= 4 is 6.09 Å². The molecular weight excluding hydrogens is 221 g/mol. The summed E-state index contributed by atoms with van der Waals surface area (Å²) in [5.74, 6) is 0.589. The molecule has 0 aliphatic heterocycles. The average molecular weight is 245 g/mol. The van der Waals surface area contributed by atoms with Gasteiger partial charge in [-0.3, -0.25) is 4.39 Å².